The summed E-state index contributed by atoms with van der Waals surface area (Å²) in [6.45, 7) is 0. The van der Waals surface area contributed by atoms with Gasteiger partial charge >= 0.3 is 0 Å². The lowest BCUT2D eigenvalue weighted by atomic mass is 10.5. The average Bonchev–Trinajstić information content (AvgIpc) is 1.95. The second-order valence-electron chi connectivity index (χ2n) is 1.65. The lowest BCUT2D eigenvalue weighted by Crippen LogP contribution is -1.89. The lowest BCUT2D eigenvalue weighted by molar-refractivity contribution is 0.409. The molecule has 0 amide bonds. The number of nitrogens with zero attached hydrogens (tertiary/aromatic N) is 1. The Labute approximate surface area is 71.6 Å². The zero-order valence-electron chi connectivity index (χ0n) is 5.27. The quantitative estimate of drug-likeness (QED) is 0.562. The molecule has 1 heterocycles. The highest BCUT2D eigenvalue weighted by molar-refractivity contribution is 14.1. The van der Waals surface area contributed by atoms with E-state index in [9.17, 15) is 4.39 Å². The highest BCUT2D eigenvalue weighted by Crippen LogP contribution is 2.14. The van der Waals surface area contributed by atoms with E-state index in [1.807, 2.05) is 22.6 Å². The molecule has 1 aromatic heterocycles. The van der Waals surface area contributed by atoms with Crippen LogP contribution in [-0.2, 0) is 0 Å². The standard InChI is InChI=1S/C6H5FINO/c1-10-4-2-5(8)6(7)9-3-4/h2-3H,1H3. The van der Waals surface area contributed by atoms with Gasteiger partial charge in [-0.3, -0.25) is 0 Å². The van der Waals surface area contributed by atoms with Crippen LogP contribution in [-0.4, -0.2) is 12.1 Å². The van der Waals surface area contributed by atoms with Crippen molar-refractivity contribution in [3.8, 4) is 5.75 Å². The second kappa shape index (κ2) is 3.14. The Kier molecular flexibility index (Phi) is 2.42. The summed E-state index contributed by atoms with van der Waals surface area (Å²) in [5, 5.41) is 0. The fourth-order valence-corrected chi connectivity index (χ4v) is 0.961. The first-order valence-corrected chi connectivity index (χ1v) is 3.67. The number of methoxy groups -OCH3 is 1. The maximum absolute atomic E-state index is 12.5. The van der Waals surface area contributed by atoms with Crippen molar-refractivity contribution in [2.75, 3.05) is 7.11 Å². The molecule has 0 fully saturated rings. The molecule has 10 heavy (non-hydrogen) atoms. The molecule has 54 valence electrons. The molecule has 0 radical (unpaired) electrons. The zero-order valence-corrected chi connectivity index (χ0v) is 7.42. The normalized spacial score (nSPS) is 9.50. The molecule has 0 unspecified atom stereocenters. The summed E-state index contributed by atoms with van der Waals surface area (Å²) in [5.41, 5.74) is 0. The molecule has 0 aliphatic heterocycles. The van der Waals surface area contributed by atoms with Crippen molar-refractivity contribution in [1.82, 2.24) is 4.98 Å². The van der Waals surface area contributed by atoms with Gasteiger partial charge in [-0.2, -0.15) is 4.39 Å². The van der Waals surface area contributed by atoms with E-state index in [1.165, 1.54) is 13.3 Å². The number of pyridine rings is 1. The Morgan fingerprint density at radius 3 is 2.90 bits per heavy atom. The van der Waals surface area contributed by atoms with Gasteiger partial charge in [0.1, 0.15) is 5.75 Å². The first-order valence-electron chi connectivity index (χ1n) is 2.59. The topological polar surface area (TPSA) is 22.1 Å². The van der Waals surface area contributed by atoms with Gasteiger partial charge in [-0.25, -0.2) is 4.98 Å². The SMILES string of the molecule is COc1cnc(F)c(I)c1. The minimum absolute atomic E-state index is 0.457. The van der Waals surface area contributed by atoms with E-state index in [-0.39, 0.29) is 0 Å². The Bertz CT molecular complexity index is 241. The molecule has 0 saturated heterocycles. The van der Waals surface area contributed by atoms with Crippen LogP contribution >= 0.6 is 22.6 Å². The van der Waals surface area contributed by atoms with Gasteiger partial charge in [0.05, 0.1) is 16.9 Å². The van der Waals surface area contributed by atoms with Crippen LogP contribution in [0.25, 0.3) is 0 Å². The summed E-state index contributed by atoms with van der Waals surface area (Å²) in [7, 11) is 1.52. The van der Waals surface area contributed by atoms with E-state index in [4.69, 9.17) is 4.74 Å². The Morgan fingerprint density at radius 1 is 1.70 bits per heavy atom. The van der Waals surface area contributed by atoms with Crippen molar-refractivity contribution in [2.24, 2.45) is 0 Å². The summed E-state index contributed by atoms with van der Waals surface area (Å²) < 4.78 is 17.7. The molecular weight excluding hydrogens is 248 g/mol. The van der Waals surface area contributed by atoms with Crippen LogP contribution in [0.15, 0.2) is 12.3 Å². The smallest absolute Gasteiger partial charge is 0.226 e. The largest absolute Gasteiger partial charge is 0.495 e. The minimum atomic E-state index is -0.457. The van der Waals surface area contributed by atoms with Crippen molar-refractivity contribution >= 4 is 22.6 Å². The minimum Gasteiger partial charge on any atom is -0.495 e. The highest BCUT2D eigenvalue weighted by atomic mass is 127. The van der Waals surface area contributed by atoms with Crippen molar-refractivity contribution in [2.45, 2.75) is 0 Å². The van der Waals surface area contributed by atoms with Gasteiger partial charge < -0.3 is 4.74 Å². The second-order valence-corrected chi connectivity index (χ2v) is 2.81. The van der Waals surface area contributed by atoms with Crippen LogP contribution in [0.4, 0.5) is 4.39 Å². The van der Waals surface area contributed by atoms with E-state index in [0.717, 1.165) is 0 Å². The molecule has 0 saturated carbocycles. The maximum atomic E-state index is 12.5. The Hall–Kier alpha value is -0.390. The van der Waals surface area contributed by atoms with Crippen molar-refractivity contribution in [1.29, 1.82) is 0 Å². The third-order valence-corrected chi connectivity index (χ3v) is 1.76. The number of halogens is 2. The third kappa shape index (κ3) is 1.56. The fraction of sp³-hybridized carbons (Fsp3) is 0.167. The Morgan fingerprint density at radius 2 is 2.40 bits per heavy atom. The molecule has 0 aliphatic carbocycles. The third-order valence-electron chi connectivity index (χ3n) is 1.01. The molecule has 4 heteroatoms. The lowest BCUT2D eigenvalue weighted by Gasteiger charge is -1.98. The van der Waals surface area contributed by atoms with Gasteiger partial charge in [0.2, 0.25) is 5.95 Å². The number of aromatic nitrogens is 1. The molecule has 2 nitrogen and oxygen atoms in total. The summed E-state index contributed by atoms with van der Waals surface area (Å²) >= 11 is 1.86. The van der Waals surface area contributed by atoms with Gasteiger partial charge in [-0.15, -0.1) is 0 Å². The molecule has 0 N–H and O–H groups in total. The van der Waals surface area contributed by atoms with Crippen molar-refractivity contribution in [3.63, 3.8) is 0 Å². The zero-order chi connectivity index (χ0) is 7.56. The number of hydrogen-bond donors (Lipinski definition) is 0. The first-order chi connectivity index (χ1) is 4.74. The summed E-state index contributed by atoms with van der Waals surface area (Å²) in [5.74, 6) is 0.118. The van der Waals surface area contributed by atoms with E-state index >= 15 is 0 Å². The van der Waals surface area contributed by atoms with E-state index in [0.29, 0.717) is 9.32 Å². The summed E-state index contributed by atoms with van der Waals surface area (Å²) in [6.07, 6.45) is 1.34. The number of ether oxygens (including phenoxy) is 1. The highest BCUT2D eigenvalue weighted by Gasteiger charge is 1.99. The monoisotopic (exact) mass is 253 g/mol. The summed E-state index contributed by atoms with van der Waals surface area (Å²) in [6, 6.07) is 1.59. The van der Waals surface area contributed by atoms with Crippen LogP contribution in [0.1, 0.15) is 0 Å². The summed E-state index contributed by atoms with van der Waals surface area (Å²) in [4.78, 5) is 3.45. The molecule has 0 aliphatic rings. The van der Waals surface area contributed by atoms with Crippen molar-refractivity contribution < 1.29 is 9.13 Å². The van der Waals surface area contributed by atoms with E-state index < -0.39 is 5.95 Å². The van der Waals surface area contributed by atoms with E-state index in [1.54, 1.807) is 6.07 Å². The Balaban J connectivity index is 3.04. The molecule has 1 aromatic rings. The van der Waals surface area contributed by atoms with Crippen LogP contribution in [0.2, 0.25) is 0 Å². The number of hydrogen-bond acceptors (Lipinski definition) is 2. The van der Waals surface area contributed by atoms with Crippen LogP contribution in [0.5, 0.6) is 5.75 Å². The van der Waals surface area contributed by atoms with Gasteiger partial charge in [0.25, 0.3) is 0 Å². The van der Waals surface area contributed by atoms with Gasteiger partial charge in [0, 0.05) is 0 Å². The van der Waals surface area contributed by atoms with Crippen molar-refractivity contribution in [3.05, 3.63) is 21.8 Å². The van der Waals surface area contributed by atoms with Crippen LogP contribution < -0.4 is 4.74 Å². The van der Waals surface area contributed by atoms with Gasteiger partial charge in [-0.05, 0) is 28.7 Å². The predicted molar refractivity (Wildman–Crippen MR) is 43.5 cm³/mol. The number of rotatable bonds is 1. The van der Waals surface area contributed by atoms with Gasteiger partial charge in [0.15, 0.2) is 0 Å². The molecular formula is C6H5FINO. The molecule has 0 atom stereocenters. The van der Waals surface area contributed by atoms with Gasteiger partial charge in [-0.1, -0.05) is 0 Å². The van der Waals surface area contributed by atoms with E-state index in [2.05, 4.69) is 4.98 Å². The predicted octanol–water partition coefficient (Wildman–Crippen LogP) is 1.83. The molecule has 0 aromatic carbocycles. The maximum Gasteiger partial charge on any atom is 0.226 e. The van der Waals surface area contributed by atoms with Crippen LogP contribution in [0, 0.1) is 9.52 Å². The first kappa shape index (κ1) is 7.71. The average molecular weight is 253 g/mol. The molecule has 0 spiro atoms. The van der Waals surface area contributed by atoms with Crippen LogP contribution in [0.3, 0.4) is 0 Å². The molecule has 0 bridgehead atoms. The fourth-order valence-electron chi connectivity index (χ4n) is 0.515. The molecule has 1 rings (SSSR count).